The highest BCUT2D eigenvalue weighted by molar-refractivity contribution is 5.66. The van der Waals surface area contributed by atoms with Gasteiger partial charge in [-0.3, -0.25) is 4.79 Å². The van der Waals surface area contributed by atoms with Gasteiger partial charge in [-0.25, -0.2) is 0 Å². The molecule has 0 unspecified atom stereocenters. The monoisotopic (exact) mass is 324 g/mol. The van der Waals surface area contributed by atoms with E-state index >= 15 is 0 Å². The third-order valence-electron chi connectivity index (χ3n) is 4.58. The van der Waals surface area contributed by atoms with Gasteiger partial charge in [0, 0.05) is 6.42 Å². The summed E-state index contributed by atoms with van der Waals surface area (Å²) in [5.41, 5.74) is 0. The first-order valence-corrected chi connectivity index (χ1v) is 9.76. The van der Waals surface area contributed by atoms with E-state index in [4.69, 9.17) is 9.84 Å². The largest absolute Gasteiger partial charge is 0.481 e. The van der Waals surface area contributed by atoms with Crippen LogP contribution in [0.1, 0.15) is 96.8 Å². The Hall–Kier alpha value is -0.830. The molecule has 1 fully saturated rings. The lowest BCUT2D eigenvalue weighted by molar-refractivity contribution is -0.137. The molecule has 0 aromatic carbocycles. The molecule has 0 saturated carbocycles. The third-order valence-corrected chi connectivity index (χ3v) is 4.58. The fourth-order valence-electron chi connectivity index (χ4n) is 3.01. The molecule has 1 aliphatic heterocycles. The van der Waals surface area contributed by atoms with Gasteiger partial charge < -0.3 is 9.84 Å². The van der Waals surface area contributed by atoms with Crippen LogP contribution in [-0.4, -0.2) is 23.3 Å². The lowest BCUT2D eigenvalue weighted by Gasteiger charge is -2.00. The maximum Gasteiger partial charge on any atom is 0.303 e. The number of carboxylic acids is 1. The zero-order valence-electron chi connectivity index (χ0n) is 15.0. The molecule has 1 rings (SSSR count). The molecule has 0 spiro atoms. The van der Waals surface area contributed by atoms with Gasteiger partial charge in [-0.2, -0.15) is 0 Å². The normalized spacial score (nSPS) is 20.2. The number of hydrogen-bond acceptors (Lipinski definition) is 2. The Labute approximate surface area is 142 Å². The zero-order valence-corrected chi connectivity index (χ0v) is 15.0. The van der Waals surface area contributed by atoms with Gasteiger partial charge in [0.2, 0.25) is 0 Å². The first-order chi connectivity index (χ1) is 11.2. The molecule has 1 saturated heterocycles. The number of carbonyl (C=O) groups is 1. The van der Waals surface area contributed by atoms with Crippen LogP contribution in [0, 0.1) is 0 Å². The Morgan fingerprint density at radius 3 is 2.30 bits per heavy atom. The van der Waals surface area contributed by atoms with Gasteiger partial charge in [0.1, 0.15) is 0 Å². The fraction of sp³-hybridized carbons (Fsp3) is 0.850. The number of aliphatic carboxylic acids is 1. The van der Waals surface area contributed by atoms with Crippen molar-refractivity contribution in [2.45, 2.75) is 109 Å². The predicted molar refractivity (Wildman–Crippen MR) is 95.7 cm³/mol. The van der Waals surface area contributed by atoms with E-state index in [9.17, 15) is 4.79 Å². The molecular formula is C20H36O3. The Bertz CT molecular complexity index is 325. The van der Waals surface area contributed by atoms with Gasteiger partial charge >= 0.3 is 5.97 Å². The Morgan fingerprint density at radius 2 is 1.61 bits per heavy atom. The second kappa shape index (κ2) is 13.6. The van der Waals surface area contributed by atoms with E-state index in [1.54, 1.807) is 0 Å². The summed E-state index contributed by atoms with van der Waals surface area (Å²) in [5.74, 6) is -0.666. The van der Waals surface area contributed by atoms with Crippen LogP contribution >= 0.6 is 0 Å². The van der Waals surface area contributed by atoms with Crippen LogP contribution in [0.4, 0.5) is 0 Å². The van der Waals surface area contributed by atoms with Crippen molar-refractivity contribution in [3.63, 3.8) is 0 Å². The minimum absolute atomic E-state index is 0.328. The minimum Gasteiger partial charge on any atom is -0.481 e. The van der Waals surface area contributed by atoms with Crippen molar-refractivity contribution >= 4 is 5.97 Å². The lowest BCUT2D eigenvalue weighted by Crippen LogP contribution is -1.93. The number of ether oxygens (including phenoxy) is 1. The van der Waals surface area contributed by atoms with Gasteiger partial charge in [-0.05, 0) is 32.1 Å². The van der Waals surface area contributed by atoms with Crippen molar-refractivity contribution in [3.8, 4) is 0 Å². The molecule has 0 aromatic rings. The van der Waals surface area contributed by atoms with E-state index in [1.165, 1.54) is 64.2 Å². The molecule has 3 heteroatoms. The predicted octanol–water partition coefficient (Wildman–Crippen LogP) is 5.88. The first kappa shape index (κ1) is 20.2. The van der Waals surface area contributed by atoms with E-state index in [-0.39, 0.29) is 0 Å². The Morgan fingerprint density at radius 1 is 0.913 bits per heavy atom. The number of rotatable bonds is 16. The molecule has 3 nitrogen and oxygen atoms in total. The third kappa shape index (κ3) is 12.3. The summed E-state index contributed by atoms with van der Waals surface area (Å²) in [4.78, 5) is 10.4. The number of epoxide rings is 1. The molecule has 1 aliphatic rings. The summed E-state index contributed by atoms with van der Waals surface area (Å²) in [5, 5.41) is 8.54. The van der Waals surface area contributed by atoms with E-state index in [0.717, 1.165) is 19.3 Å². The molecular weight excluding hydrogens is 288 g/mol. The zero-order chi connectivity index (χ0) is 16.8. The molecule has 0 bridgehead atoms. The van der Waals surface area contributed by atoms with Gasteiger partial charge in [0.25, 0.3) is 0 Å². The van der Waals surface area contributed by atoms with Crippen LogP contribution in [0.25, 0.3) is 0 Å². The molecule has 0 amide bonds. The molecule has 0 radical (unpaired) electrons. The topological polar surface area (TPSA) is 49.8 Å². The number of allylic oxidation sites excluding steroid dienone is 1. The van der Waals surface area contributed by atoms with Crippen LogP contribution in [-0.2, 0) is 9.53 Å². The van der Waals surface area contributed by atoms with Crippen molar-refractivity contribution in [2.75, 3.05) is 0 Å². The maximum atomic E-state index is 10.4. The first-order valence-electron chi connectivity index (χ1n) is 9.76. The van der Waals surface area contributed by atoms with Gasteiger partial charge in [0.15, 0.2) is 0 Å². The molecule has 0 aromatic heterocycles. The van der Waals surface area contributed by atoms with Crippen molar-refractivity contribution in [3.05, 3.63) is 12.2 Å². The fourth-order valence-corrected chi connectivity index (χ4v) is 3.01. The smallest absolute Gasteiger partial charge is 0.303 e. The summed E-state index contributed by atoms with van der Waals surface area (Å²) < 4.78 is 5.68. The molecule has 134 valence electrons. The van der Waals surface area contributed by atoms with Crippen molar-refractivity contribution in [2.24, 2.45) is 0 Å². The van der Waals surface area contributed by atoms with Gasteiger partial charge in [-0.1, -0.05) is 70.4 Å². The highest BCUT2D eigenvalue weighted by Gasteiger charge is 2.36. The number of carboxylic acid groups (broad SMARTS) is 1. The molecule has 1 N–H and O–H groups in total. The van der Waals surface area contributed by atoms with Gasteiger partial charge in [0.05, 0.1) is 12.2 Å². The summed E-state index contributed by atoms with van der Waals surface area (Å²) in [6.07, 6.45) is 21.7. The highest BCUT2D eigenvalue weighted by atomic mass is 16.6. The highest BCUT2D eigenvalue weighted by Crippen LogP contribution is 2.30. The molecule has 0 aliphatic carbocycles. The molecule has 1 heterocycles. The average Bonchev–Trinajstić information content (AvgIpc) is 3.27. The van der Waals surface area contributed by atoms with E-state index < -0.39 is 5.97 Å². The van der Waals surface area contributed by atoms with Crippen LogP contribution in [0.3, 0.4) is 0 Å². The molecule has 23 heavy (non-hydrogen) atoms. The number of unbranched alkanes of at least 4 members (excludes halogenated alkanes) is 9. The summed E-state index contributed by atoms with van der Waals surface area (Å²) in [6.45, 7) is 2.24. The van der Waals surface area contributed by atoms with Crippen LogP contribution in [0.15, 0.2) is 12.2 Å². The summed E-state index contributed by atoms with van der Waals surface area (Å²) in [6, 6.07) is 0. The van der Waals surface area contributed by atoms with Crippen LogP contribution in [0.2, 0.25) is 0 Å². The second-order valence-corrected chi connectivity index (χ2v) is 6.82. The SMILES string of the molecule is CCCCC[C@H]1O[C@H]1CC=CCCCCCCCCCC(=O)O. The van der Waals surface area contributed by atoms with Crippen molar-refractivity contribution in [1.82, 2.24) is 0 Å². The van der Waals surface area contributed by atoms with E-state index in [1.807, 2.05) is 0 Å². The van der Waals surface area contributed by atoms with E-state index in [0.29, 0.717) is 18.6 Å². The molecule has 2 atom stereocenters. The van der Waals surface area contributed by atoms with Gasteiger partial charge in [-0.15, -0.1) is 0 Å². The summed E-state index contributed by atoms with van der Waals surface area (Å²) >= 11 is 0. The van der Waals surface area contributed by atoms with E-state index in [2.05, 4.69) is 19.1 Å². The quantitative estimate of drug-likeness (QED) is 0.219. The van der Waals surface area contributed by atoms with Crippen molar-refractivity contribution < 1.29 is 14.6 Å². The Balaban J connectivity index is 1.77. The average molecular weight is 325 g/mol. The Kier molecular flexibility index (Phi) is 11.9. The minimum atomic E-state index is -0.666. The standard InChI is InChI=1S/C20H36O3/c1-2-3-12-15-18-19(23-18)16-13-10-8-6-4-5-7-9-11-14-17-20(21)22/h10,13,18-19H,2-9,11-12,14-17H2,1H3,(H,21,22)/t18-,19+/m1/s1. The maximum absolute atomic E-state index is 10.4. The second-order valence-electron chi connectivity index (χ2n) is 6.82. The van der Waals surface area contributed by atoms with Crippen LogP contribution in [0.5, 0.6) is 0 Å². The van der Waals surface area contributed by atoms with Crippen LogP contribution < -0.4 is 0 Å². The van der Waals surface area contributed by atoms with Crippen molar-refractivity contribution in [1.29, 1.82) is 0 Å². The number of hydrogen-bond donors (Lipinski definition) is 1. The summed E-state index contributed by atoms with van der Waals surface area (Å²) in [7, 11) is 0. The lowest BCUT2D eigenvalue weighted by atomic mass is 10.1.